The fraction of sp³-hybridized carbons (Fsp3) is 0.125. The van der Waals surface area contributed by atoms with E-state index in [9.17, 15) is 4.79 Å². The van der Waals surface area contributed by atoms with E-state index in [4.69, 9.17) is 10.00 Å². The van der Waals surface area contributed by atoms with Crippen LogP contribution in [0.5, 0.6) is 5.75 Å². The molecular formula is C16H13BrN2O2. The van der Waals surface area contributed by atoms with Crippen molar-refractivity contribution in [2.45, 2.75) is 0 Å². The van der Waals surface area contributed by atoms with E-state index >= 15 is 0 Å². The molecule has 0 fully saturated rings. The number of amides is 1. The van der Waals surface area contributed by atoms with Crippen molar-refractivity contribution in [2.75, 3.05) is 19.1 Å². The van der Waals surface area contributed by atoms with Crippen LogP contribution in [0.4, 0.5) is 5.69 Å². The van der Waals surface area contributed by atoms with Crippen molar-refractivity contribution in [3.05, 3.63) is 58.1 Å². The number of carbonyl (C=O) groups is 1. The molecule has 0 spiro atoms. The molecule has 0 aliphatic rings. The Hall–Kier alpha value is -2.32. The first kappa shape index (κ1) is 15.1. The lowest BCUT2D eigenvalue weighted by Gasteiger charge is -2.19. The van der Waals surface area contributed by atoms with E-state index in [1.165, 1.54) is 4.90 Å². The Morgan fingerprint density at radius 1 is 1.29 bits per heavy atom. The second-order valence-corrected chi connectivity index (χ2v) is 5.20. The Kier molecular flexibility index (Phi) is 4.61. The van der Waals surface area contributed by atoms with E-state index in [-0.39, 0.29) is 5.91 Å². The monoisotopic (exact) mass is 344 g/mol. The van der Waals surface area contributed by atoms with Crippen molar-refractivity contribution >= 4 is 27.5 Å². The first-order valence-corrected chi connectivity index (χ1v) is 6.98. The molecule has 4 nitrogen and oxygen atoms in total. The summed E-state index contributed by atoms with van der Waals surface area (Å²) in [5.41, 5.74) is 1.55. The lowest BCUT2D eigenvalue weighted by atomic mass is 10.1. The molecule has 2 rings (SSSR count). The number of hydrogen-bond acceptors (Lipinski definition) is 3. The predicted octanol–water partition coefficient (Wildman–Crippen LogP) is 3.61. The average molecular weight is 345 g/mol. The molecule has 0 saturated heterocycles. The fourth-order valence-electron chi connectivity index (χ4n) is 1.96. The van der Waals surface area contributed by atoms with Crippen LogP contribution in [0.2, 0.25) is 0 Å². The zero-order valence-electron chi connectivity index (χ0n) is 11.6. The molecule has 0 saturated carbocycles. The Morgan fingerprint density at radius 3 is 2.62 bits per heavy atom. The summed E-state index contributed by atoms with van der Waals surface area (Å²) in [7, 11) is 3.22. The lowest BCUT2D eigenvalue weighted by Crippen LogP contribution is -2.26. The summed E-state index contributed by atoms with van der Waals surface area (Å²) in [6.07, 6.45) is 0. The van der Waals surface area contributed by atoms with Crippen molar-refractivity contribution in [3.63, 3.8) is 0 Å². The van der Waals surface area contributed by atoms with Gasteiger partial charge in [-0.1, -0.05) is 12.1 Å². The number of benzene rings is 2. The third kappa shape index (κ3) is 3.06. The van der Waals surface area contributed by atoms with Crippen molar-refractivity contribution in [1.82, 2.24) is 0 Å². The van der Waals surface area contributed by atoms with Gasteiger partial charge in [-0.2, -0.15) is 5.26 Å². The first-order valence-electron chi connectivity index (χ1n) is 6.19. The smallest absolute Gasteiger partial charge is 0.258 e. The maximum absolute atomic E-state index is 12.5. The minimum Gasteiger partial charge on any atom is -0.496 e. The highest BCUT2D eigenvalue weighted by Crippen LogP contribution is 2.27. The van der Waals surface area contributed by atoms with Crippen LogP contribution >= 0.6 is 15.9 Å². The van der Waals surface area contributed by atoms with Crippen LogP contribution < -0.4 is 9.64 Å². The van der Waals surface area contributed by atoms with Crippen LogP contribution in [-0.4, -0.2) is 20.1 Å². The number of nitriles is 1. The van der Waals surface area contributed by atoms with E-state index in [0.717, 1.165) is 0 Å². The molecule has 1 amide bonds. The minimum absolute atomic E-state index is 0.193. The SMILES string of the molecule is COc1ccc(C(=O)N(C)c2ccccc2C#N)cc1Br. The van der Waals surface area contributed by atoms with Gasteiger partial charge in [0.25, 0.3) is 5.91 Å². The number of rotatable bonds is 3. The largest absolute Gasteiger partial charge is 0.496 e. The van der Waals surface area contributed by atoms with Gasteiger partial charge in [0.2, 0.25) is 0 Å². The average Bonchev–Trinajstić information content (AvgIpc) is 2.53. The second kappa shape index (κ2) is 6.42. The van der Waals surface area contributed by atoms with Gasteiger partial charge in [-0.3, -0.25) is 4.79 Å². The minimum atomic E-state index is -0.193. The van der Waals surface area contributed by atoms with Gasteiger partial charge in [-0.25, -0.2) is 0 Å². The van der Waals surface area contributed by atoms with Gasteiger partial charge < -0.3 is 9.64 Å². The number of anilines is 1. The third-order valence-electron chi connectivity index (χ3n) is 3.09. The number of ether oxygens (including phenoxy) is 1. The van der Waals surface area contributed by atoms with Gasteiger partial charge in [-0.15, -0.1) is 0 Å². The molecule has 106 valence electrons. The van der Waals surface area contributed by atoms with Gasteiger partial charge in [0.1, 0.15) is 11.8 Å². The highest BCUT2D eigenvalue weighted by Gasteiger charge is 2.17. The maximum Gasteiger partial charge on any atom is 0.258 e. The molecule has 0 aromatic heterocycles. The Labute approximate surface area is 131 Å². The summed E-state index contributed by atoms with van der Waals surface area (Å²) in [6.45, 7) is 0. The Bertz CT molecular complexity index is 722. The van der Waals surface area contributed by atoms with Crippen molar-refractivity contribution in [1.29, 1.82) is 5.26 Å². The van der Waals surface area contributed by atoms with Crippen molar-refractivity contribution < 1.29 is 9.53 Å². The molecule has 2 aromatic carbocycles. The first-order chi connectivity index (χ1) is 10.1. The molecule has 5 heteroatoms. The van der Waals surface area contributed by atoms with E-state index in [2.05, 4.69) is 22.0 Å². The molecule has 0 aliphatic heterocycles. The molecule has 0 heterocycles. The summed E-state index contributed by atoms with van der Waals surface area (Å²) in [4.78, 5) is 14.0. The molecule has 2 aromatic rings. The van der Waals surface area contributed by atoms with Crippen LogP contribution in [0.1, 0.15) is 15.9 Å². The van der Waals surface area contributed by atoms with Crippen LogP contribution in [0.25, 0.3) is 0 Å². The number of carbonyl (C=O) groups excluding carboxylic acids is 1. The highest BCUT2D eigenvalue weighted by atomic mass is 79.9. The maximum atomic E-state index is 12.5. The van der Waals surface area contributed by atoms with Crippen molar-refractivity contribution in [2.24, 2.45) is 0 Å². The zero-order valence-corrected chi connectivity index (χ0v) is 13.2. The molecule has 0 aliphatic carbocycles. The Balaban J connectivity index is 2.36. The van der Waals surface area contributed by atoms with Gasteiger partial charge in [0, 0.05) is 12.6 Å². The molecule has 21 heavy (non-hydrogen) atoms. The summed E-state index contributed by atoms with van der Waals surface area (Å²) >= 11 is 3.36. The van der Waals surface area contributed by atoms with Crippen LogP contribution in [-0.2, 0) is 0 Å². The highest BCUT2D eigenvalue weighted by molar-refractivity contribution is 9.10. The van der Waals surface area contributed by atoms with E-state index < -0.39 is 0 Å². The number of nitrogens with zero attached hydrogens (tertiary/aromatic N) is 2. The number of para-hydroxylation sites is 1. The van der Waals surface area contributed by atoms with E-state index in [1.54, 1.807) is 56.6 Å². The Morgan fingerprint density at radius 2 is 2.00 bits per heavy atom. The summed E-state index contributed by atoms with van der Waals surface area (Å²) in [5.74, 6) is 0.465. The predicted molar refractivity (Wildman–Crippen MR) is 84.6 cm³/mol. The molecule has 0 atom stereocenters. The second-order valence-electron chi connectivity index (χ2n) is 4.34. The molecular weight excluding hydrogens is 332 g/mol. The lowest BCUT2D eigenvalue weighted by molar-refractivity contribution is 0.0993. The summed E-state index contributed by atoms with van der Waals surface area (Å²) in [5, 5.41) is 9.12. The van der Waals surface area contributed by atoms with Gasteiger partial charge in [0.15, 0.2) is 0 Å². The van der Waals surface area contributed by atoms with Crippen LogP contribution in [0, 0.1) is 11.3 Å². The number of hydrogen-bond donors (Lipinski definition) is 0. The summed E-state index contributed by atoms with van der Waals surface area (Å²) < 4.78 is 5.85. The van der Waals surface area contributed by atoms with Crippen molar-refractivity contribution in [3.8, 4) is 11.8 Å². The summed E-state index contributed by atoms with van der Waals surface area (Å²) in [6, 6.07) is 14.2. The van der Waals surface area contributed by atoms with E-state index in [0.29, 0.717) is 27.0 Å². The van der Waals surface area contributed by atoms with Gasteiger partial charge in [0.05, 0.1) is 22.8 Å². The van der Waals surface area contributed by atoms with Gasteiger partial charge in [-0.05, 0) is 46.3 Å². The van der Waals surface area contributed by atoms with Crippen LogP contribution in [0.15, 0.2) is 46.9 Å². The van der Waals surface area contributed by atoms with Gasteiger partial charge >= 0.3 is 0 Å². The van der Waals surface area contributed by atoms with E-state index in [1.807, 2.05) is 0 Å². The molecule has 0 radical (unpaired) electrons. The number of halogens is 1. The topological polar surface area (TPSA) is 53.3 Å². The zero-order chi connectivity index (χ0) is 15.4. The quantitative estimate of drug-likeness (QED) is 0.854. The standard InChI is InChI=1S/C16H13BrN2O2/c1-19(14-6-4-3-5-12(14)10-18)16(20)11-7-8-15(21-2)13(17)9-11/h3-9H,1-2H3. The fourth-order valence-corrected chi connectivity index (χ4v) is 2.50. The number of methoxy groups -OCH3 is 1. The molecule has 0 bridgehead atoms. The third-order valence-corrected chi connectivity index (χ3v) is 3.71. The molecule has 0 N–H and O–H groups in total. The molecule has 0 unspecified atom stereocenters. The van der Waals surface area contributed by atoms with Crippen LogP contribution in [0.3, 0.4) is 0 Å². The normalized spacial score (nSPS) is 9.81.